The maximum atomic E-state index is 11.6. The Labute approximate surface area is 131 Å². The van der Waals surface area contributed by atoms with Crippen molar-refractivity contribution in [2.75, 3.05) is 7.11 Å². The number of hydrogen-bond acceptors (Lipinski definition) is 4. The maximum Gasteiger partial charge on any atom is 0.348 e. The van der Waals surface area contributed by atoms with Crippen molar-refractivity contribution in [2.45, 2.75) is 6.42 Å². The molecule has 2 aromatic heterocycles. The highest BCUT2D eigenvalue weighted by Gasteiger charge is 2.13. The average Bonchev–Trinajstić information content (AvgIpc) is 2.94. The number of carbonyl (C=O) groups excluding carboxylic acids is 1. The zero-order chi connectivity index (χ0) is 14.8. The number of hydrogen-bond donors (Lipinski definition) is 0. The summed E-state index contributed by atoms with van der Waals surface area (Å²) in [5.74, 6) is -0.311. The number of benzene rings is 1. The van der Waals surface area contributed by atoms with E-state index in [1.165, 1.54) is 18.4 Å². The van der Waals surface area contributed by atoms with Crippen molar-refractivity contribution < 1.29 is 9.53 Å². The van der Waals surface area contributed by atoms with Crippen LogP contribution in [0.2, 0.25) is 5.02 Å². The number of nitrogens with zero attached hydrogens (tertiary/aromatic N) is 1. The molecule has 0 saturated heterocycles. The van der Waals surface area contributed by atoms with E-state index in [2.05, 4.69) is 4.98 Å². The van der Waals surface area contributed by atoms with Crippen molar-refractivity contribution in [1.82, 2.24) is 4.98 Å². The first-order valence-electron chi connectivity index (χ1n) is 6.36. The molecule has 21 heavy (non-hydrogen) atoms. The fraction of sp³-hybridized carbons (Fsp3) is 0.125. The van der Waals surface area contributed by atoms with E-state index >= 15 is 0 Å². The molecule has 0 N–H and O–H groups in total. The molecule has 1 aromatic carbocycles. The van der Waals surface area contributed by atoms with Crippen molar-refractivity contribution in [3.8, 4) is 0 Å². The van der Waals surface area contributed by atoms with Crippen LogP contribution in [0.15, 0.2) is 42.7 Å². The monoisotopic (exact) mass is 317 g/mol. The van der Waals surface area contributed by atoms with E-state index in [1.54, 1.807) is 6.20 Å². The Kier molecular flexibility index (Phi) is 3.90. The van der Waals surface area contributed by atoms with Crippen LogP contribution in [0.25, 0.3) is 10.1 Å². The normalized spacial score (nSPS) is 10.8. The fourth-order valence-electron chi connectivity index (χ4n) is 2.18. The molecule has 3 nitrogen and oxygen atoms in total. The van der Waals surface area contributed by atoms with Crippen LogP contribution in [0, 0.1) is 0 Å². The SMILES string of the molecule is COC(=O)c1cc2c(Cc3ccc(Cl)cc3)cncc2s1. The van der Waals surface area contributed by atoms with Crippen LogP contribution in [-0.2, 0) is 11.2 Å². The molecule has 0 bridgehead atoms. The van der Waals surface area contributed by atoms with Gasteiger partial charge in [0, 0.05) is 17.4 Å². The number of aromatic nitrogens is 1. The molecule has 3 aromatic rings. The smallest absolute Gasteiger partial charge is 0.348 e. The summed E-state index contributed by atoms with van der Waals surface area (Å²) in [6.07, 6.45) is 4.36. The molecule has 0 atom stereocenters. The third kappa shape index (κ3) is 2.91. The summed E-state index contributed by atoms with van der Waals surface area (Å²) >= 11 is 7.30. The highest BCUT2D eigenvalue weighted by atomic mass is 35.5. The number of esters is 1. The van der Waals surface area contributed by atoms with Gasteiger partial charge in [0.15, 0.2) is 0 Å². The van der Waals surface area contributed by atoms with E-state index in [0.717, 1.165) is 32.7 Å². The number of rotatable bonds is 3. The van der Waals surface area contributed by atoms with E-state index in [-0.39, 0.29) is 5.97 Å². The molecular formula is C16H12ClNO2S. The highest BCUT2D eigenvalue weighted by Crippen LogP contribution is 2.29. The van der Waals surface area contributed by atoms with Crippen molar-refractivity contribution in [2.24, 2.45) is 0 Å². The van der Waals surface area contributed by atoms with Crippen molar-refractivity contribution in [3.05, 3.63) is 63.8 Å². The van der Waals surface area contributed by atoms with Crippen molar-refractivity contribution in [3.63, 3.8) is 0 Å². The summed E-state index contributed by atoms with van der Waals surface area (Å²) in [7, 11) is 1.39. The van der Waals surface area contributed by atoms with Gasteiger partial charge >= 0.3 is 5.97 Å². The van der Waals surface area contributed by atoms with Gasteiger partial charge in [-0.05, 0) is 41.1 Å². The summed E-state index contributed by atoms with van der Waals surface area (Å²) in [6.45, 7) is 0. The van der Waals surface area contributed by atoms with Gasteiger partial charge in [-0.1, -0.05) is 23.7 Å². The minimum absolute atomic E-state index is 0.311. The molecule has 0 unspecified atom stereocenters. The Balaban J connectivity index is 2.00. The maximum absolute atomic E-state index is 11.6. The zero-order valence-corrected chi connectivity index (χ0v) is 12.9. The lowest BCUT2D eigenvalue weighted by molar-refractivity contribution is 0.0606. The number of methoxy groups -OCH3 is 1. The van der Waals surface area contributed by atoms with Gasteiger partial charge in [0.25, 0.3) is 0 Å². The molecule has 2 heterocycles. The summed E-state index contributed by atoms with van der Waals surface area (Å²) in [4.78, 5) is 16.5. The number of thiophene rings is 1. The lowest BCUT2D eigenvalue weighted by Gasteiger charge is -2.03. The van der Waals surface area contributed by atoms with E-state index in [0.29, 0.717) is 4.88 Å². The molecule has 0 amide bonds. The van der Waals surface area contributed by atoms with Gasteiger partial charge in [0.2, 0.25) is 0 Å². The molecular weight excluding hydrogens is 306 g/mol. The summed E-state index contributed by atoms with van der Waals surface area (Å²) < 4.78 is 5.76. The molecule has 0 spiro atoms. The second kappa shape index (κ2) is 5.84. The number of pyridine rings is 1. The van der Waals surface area contributed by atoms with Gasteiger partial charge in [-0.2, -0.15) is 0 Å². The van der Waals surface area contributed by atoms with Gasteiger partial charge in [0.1, 0.15) is 4.88 Å². The van der Waals surface area contributed by atoms with Crippen molar-refractivity contribution in [1.29, 1.82) is 0 Å². The lowest BCUT2D eigenvalue weighted by Crippen LogP contribution is -1.96. The van der Waals surface area contributed by atoms with Crippen LogP contribution in [0.1, 0.15) is 20.8 Å². The highest BCUT2D eigenvalue weighted by molar-refractivity contribution is 7.20. The molecule has 0 radical (unpaired) electrons. The van der Waals surface area contributed by atoms with Gasteiger partial charge in [-0.3, -0.25) is 4.98 Å². The number of fused-ring (bicyclic) bond motifs is 1. The Bertz CT molecular complexity index is 796. The van der Waals surface area contributed by atoms with Crippen LogP contribution in [0.3, 0.4) is 0 Å². The Morgan fingerprint density at radius 2 is 2.05 bits per heavy atom. The zero-order valence-electron chi connectivity index (χ0n) is 11.3. The Morgan fingerprint density at radius 1 is 1.29 bits per heavy atom. The molecule has 0 fully saturated rings. The Morgan fingerprint density at radius 3 is 2.76 bits per heavy atom. The third-order valence-electron chi connectivity index (χ3n) is 3.22. The minimum atomic E-state index is -0.311. The predicted octanol–water partition coefficient (Wildman–Crippen LogP) is 4.33. The number of carbonyl (C=O) groups is 1. The summed E-state index contributed by atoms with van der Waals surface area (Å²) in [5, 5.41) is 1.77. The van der Waals surface area contributed by atoms with Crippen LogP contribution in [0.5, 0.6) is 0 Å². The average molecular weight is 318 g/mol. The fourth-order valence-corrected chi connectivity index (χ4v) is 3.30. The van der Waals surface area contributed by atoms with E-state index < -0.39 is 0 Å². The lowest BCUT2D eigenvalue weighted by atomic mass is 10.0. The molecule has 0 aliphatic heterocycles. The van der Waals surface area contributed by atoms with Crippen molar-refractivity contribution >= 4 is 39.0 Å². The van der Waals surface area contributed by atoms with Gasteiger partial charge in [-0.15, -0.1) is 11.3 Å². The van der Waals surface area contributed by atoms with E-state index in [9.17, 15) is 4.79 Å². The first-order chi connectivity index (χ1) is 10.2. The minimum Gasteiger partial charge on any atom is -0.465 e. The van der Waals surface area contributed by atoms with Crippen LogP contribution in [-0.4, -0.2) is 18.1 Å². The van der Waals surface area contributed by atoms with Gasteiger partial charge < -0.3 is 4.74 Å². The number of halogens is 1. The van der Waals surface area contributed by atoms with Gasteiger partial charge in [-0.25, -0.2) is 4.79 Å². The molecule has 5 heteroatoms. The second-order valence-corrected chi connectivity index (χ2v) is 6.14. The molecule has 0 aliphatic rings. The number of ether oxygens (including phenoxy) is 1. The topological polar surface area (TPSA) is 39.2 Å². The second-order valence-electron chi connectivity index (χ2n) is 4.62. The van der Waals surface area contributed by atoms with Crippen LogP contribution in [0.4, 0.5) is 0 Å². The molecule has 0 aliphatic carbocycles. The van der Waals surface area contributed by atoms with Gasteiger partial charge in [0.05, 0.1) is 11.8 Å². The first-order valence-corrected chi connectivity index (χ1v) is 7.56. The predicted molar refractivity (Wildman–Crippen MR) is 85.2 cm³/mol. The molecule has 106 valence electrons. The first kappa shape index (κ1) is 14.0. The van der Waals surface area contributed by atoms with Crippen LogP contribution >= 0.6 is 22.9 Å². The summed E-state index contributed by atoms with van der Waals surface area (Å²) in [5.41, 5.74) is 2.24. The largest absolute Gasteiger partial charge is 0.465 e. The summed E-state index contributed by atoms with van der Waals surface area (Å²) in [6, 6.07) is 9.61. The molecule has 0 saturated carbocycles. The Hall–Kier alpha value is -1.91. The molecule has 3 rings (SSSR count). The standard InChI is InChI=1S/C16H12ClNO2S/c1-20-16(19)14-7-13-11(8-18-9-15(13)21-14)6-10-2-4-12(17)5-3-10/h2-5,7-9H,6H2,1H3. The van der Waals surface area contributed by atoms with E-state index in [4.69, 9.17) is 16.3 Å². The third-order valence-corrected chi connectivity index (χ3v) is 4.52. The van der Waals surface area contributed by atoms with Crippen LogP contribution < -0.4 is 0 Å². The quantitative estimate of drug-likeness (QED) is 0.675. The van der Waals surface area contributed by atoms with E-state index in [1.807, 2.05) is 36.5 Å².